The molecule has 5 heteroatoms. The van der Waals surface area contributed by atoms with Crippen molar-refractivity contribution < 1.29 is 0 Å². The van der Waals surface area contributed by atoms with Crippen LogP contribution in [0.25, 0.3) is 0 Å². The third kappa shape index (κ3) is 1.23. The first-order valence-electron chi connectivity index (χ1n) is 3.92. The van der Waals surface area contributed by atoms with E-state index in [1.165, 1.54) is 0 Å². The van der Waals surface area contributed by atoms with Crippen molar-refractivity contribution in [1.82, 2.24) is 20.1 Å². The van der Waals surface area contributed by atoms with Crippen LogP contribution in [0.1, 0.15) is 11.4 Å². The van der Waals surface area contributed by atoms with Crippen LogP contribution in [0, 0.1) is 0 Å². The fourth-order valence-corrected chi connectivity index (χ4v) is 1.35. The molecule has 1 aliphatic rings. The first kappa shape index (κ1) is 7.42. The number of anilines is 1. The Hall–Kier alpha value is -1.23. The van der Waals surface area contributed by atoms with E-state index in [9.17, 15) is 0 Å². The second kappa shape index (κ2) is 2.67. The van der Waals surface area contributed by atoms with E-state index in [1.54, 1.807) is 0 Å². The number of hydrogen-bond donors (Lipinski definition) is 1. The molecule has 0 bridgehead atoms. The molecule has 2 rings (SSSR count). The predicted molar refractivity (Wildman–Crippen MR) is 44.3 cm³/mol. The van der Waals surface area contributed by atoms with Crippen LogP contribution in [0.3, 0.4) is 0 Å². The van der Waals surface area contributed by atoms with Crippen molar-refractivity contribution in [2.24, 2.45) is 0 Å². The Kier molecular flexibility index (Phi) is 1.65. The summed E-state index contributed by atoms with van der Waals surface area (Å²) >= 11 is 0. The molecule has 0 spiro atoms. The number of aromatic nitrogens is 3. The number of nitrogen functional groups attached to an aromatic ring is 1. The molecule has 12 heavy (non-hydrogen) atoms. The van der Waals surface area contributed by atoms with Crippen LogP contribution in [0.15, 0.2) is 0 Å². The van der Waals surface area contributed by atoms with Crippen molar-refractivity contribution in [2.45, 2.75) is 13.0 Å². The van der Waals surface area contributed by atoms with Gasteiger partial charge in [0.05, 0.1) is 11.4 Å². The lowest BCUT2D eigenvalue weighted by atomic mass is 10.1. The summed E-state index contributed by atoms with van der Waals surface area (Å²) in [7, 11) is 2.06. The first-order valence-corrected chi connectivity index (χ1v) is 3.92. The molecule has 0 fully saturated rings. The molecule has 0 atom stereocenters. The fourth-order valence-electron chi connectivity index (χ4n) is 1.35. The lowest BCUT2D eigenvalue weighted by Crippen LogP contribution is -2.28. The maximum atomic E-state index is 5.42. The molecule has 0 saturated carbocycles. The molecule has 1 aromatic heterocycles. The van der Waals surface area contributed by atoms with E-state index < -0.39 is 0 Å². The standard InChI is InChI=1S/C7H11N5/c1-12-3-2-5-6(4-12)9-7(8)11-10-5/h2-4H2,1H3,(H2,8,9,11). The summed E-state index contributed by atoms with van der Waals surface area (Å²) in [4.78, 5) is 6.32. The average molecular weight is 165 g/mol. The van der Waals surface area contributed by atoms with Gasteiger partial charge in [0, 0.05) is 19.5 Å². The van der Waals surface area contributed by atoms with Crippen LogP contribution in [0.4, 0.5) is 5.95 Å². The molecular weight excluding hydrogens is 154 g/mol. The Morgan fingerprint density at radius 2 is 2.17 bits per heavy atom. The normalized spacial score (nSPS) is 17.4. The number of fused-ring (bicyclic) bond motifs is 1. The molecule has 0 aromatic carbocycles. The van der Waals surface area contributed by atoms with E-state index in [-0.39, 0.29) is 5.95 Å². The second-order valence-corrected chi connectivity index (χ2v) is 3.05. The van der Waals surface area contributed by atoms with Gasteiger partial charge in [0.2, 0.25) is 5.95 Å². The molecule has 2 N–H and O–H groups in total. The van der Waals surface area contributed by atoms with Gasteiger partial charge in [0.1, 0.15) is 0 Å². The SMILES string of the molecule is CN1CCc2nnc(N)nc2C1. The van der Waals surface area contributed by atoms with Gasteiger partial charge in [-0.2, -0.15) is 0 Å². The van der Waals surface area contributed by atoms with Gasteiger partial charge in [-0.15, -0.1) is 10.2 Å². The quantitative estimate of drug-likeness (QED) is 0.558. The monoisotopic (exact) mass is 165 g/mol. The van der Waals surface area contributed by atoms with Crippen molar-refractivity contribution >= 4 is 5.95 Å². The maximum Gasteiger partial charge on any atom is 0.240 e. The van der Waals surface area contributed by atoms with E-state index in [1.807, 2.05) is 0 Å². The van der Waals surface area contributed by atoms with Crippen molar-refractivity contribution in [1.29, 1.82) is 0 Å². The number of hydrogen-bond acceptors (Lipinski definition) is 5. The Balaban J connectivity index is 2.37. The molecule has 1 aromatic rings. The summed E-state index contributed by atoms with van der Waals surface area (Å²) in [6.07, 6.45) is 0.923. The molecule has 64 valence electrons. The minimum Gasteiger partial charge on any atom is -0.366 e. The van der Waals surface area contributed by atoms with Gasteiger partial charge in [-0.25, -0.2) is 4.98 Å². The number of rotatable bonds is 0. The summed E-state index contributed by atoms with van der Waals surface area (Å²) in [5.41, 5.74) is 7.38. The highest BCUT2D eigenvalue weighted by molar-refractivity contribution is 5.21. The van der Waals surface area contributed by atoms with Crippen molar-refractivity contribution in [3.8, 4) is 0 Å². The lowest BCUT2D eigenvalue weighted by molar-refractivity contribution is 0.303. The molecular formula is C7H11N5. The van der Waals surface area contributed by atoms with Crippen LogP contribution in [-0.4, -0.2) is 33.7 Å². The highest BCUT2D eigenvalue weighted by atomic mass is 15.2. The van der Waals surface area contributed by atoms with Crippen LogP contribution in [-0.2, 0) is 13.0 Å². The van der Waals surface area contributed by atoms with Gasteiger partial charge in [-0.1, -0.05) is 0 Å². The molecule has 2 heterocycles. The molecule has 0 amide bonds. The number of likely N-dealkylation sites (N-methyl/N-ethyl adjacent to an activating group) is 1. The minimum absolute atomic E-state index is 0.268. The van der Waals surface area contributed by atoms with Crippen molar-refractivity contribution in [3.63, 3.8) is 0 Å². The third-order valence-corrected chi connectivity index (χ3v) is 2.01. The fraction of sp³-hybridized carbons (Fsp3) is 0.571. The Labute approximate surface area is 70.6 Å². The summed E-state index contributed by atoms with van der Waals surface area (Å²) in [6.45, 7) is 1.85. The highest BCUT2D eigenvalue weighted by Crippen LogP contribution is 2.12. The smallest absolute Gasteiger partial charge is 0.240 e. The summed E-state index contributed by atoms with van der Waals surface area (Å²) in [5.74, 6) is 0.268. The third-order valence-electron chi connectivity index (χ3n) is 2.01. The Morgan fingerprint density at radius 1 is 1.33 bits per heavy atom. The van der Waals surface area contributed by atoms with E-state index >= 15 is 0 Å². The average Bonchev–Trinajstić information content (AvgIpc) is 2.03. The van der Waals surface area contributed by atoms with E-state index in [2.05, 4.69) is 27.1 Å². The van der Waals surface area contributed by atoms with Crippen molar-refractivity contribution in [3.05, 3.63) is 11.4 Å². The minimum atomic E-state index is 0.268. The van der Waals surface area contributed by atoms with Crippen LogP contribution < -0.4 is 5.73 Å². The molecule has 0 saturated heterocycles. The Bertz CT molecular complexity index is 298. The number of nitrogens with zero attached hydrogens (tertiary/aromatic N) is 4. The summed E-state index contributed by atoms with van der Waals surface area (Å²) < 4.78 is 0. The van der Waals surface area contributed by atoms with Gasteiger partial charge < -0.3 is 10.6 Å². The lowest BCUT2D eigenvalue weighted by Gasteiger charge is -2.22. The predicted octanol–water partition coefficient (Wildman–Crippen LogP) is -0.558. The zero-order valence-electron chi connectivity index (χ0n) is 6.99. The van der Waals surface area contributed by atoms with Crippen molar-refractivity contribution in [2.75, 3.05) is 19.3 Å². The summed E-state index contributed by atoms with van der Waals surface area (Å²) in [6, 6.07) is 0. The molecule has 1 aliphatic heterocycles. The van der Waals surface area contributed by atoms with E-state index in [0.717, 1.165) is 30.9 Å². The number of nitrogens with two attached hydrogens (primary N) is 1. The first-order chi connectivity index (χ1) is 5.75. The van der Waals surface area contributed by atoms with E-state index in [4.69, 9.17) is 5.73 Å². The van der Waals surface area contributed by atoms with E-state index in [0.29, 0.717) is 0 Å². The Morgan fingerprint density at radius 3 is 3.00 bits per heavy atom. The zero-order valence-corrected chi connectivity index (χ0v) is 6.99. The van der Waals surface area contributed by atoms with Gasteiger partial charge in [-0.05, 0) is 7.05 Å². The molecule has 5 nitrogen and oxygen atoms in total. The highest BCUT2D eigenvalue weighted by Gasteiger charge is 2.15. The van der Waals surface area contributed by atoms with Gasteiger partial charge in [0.15, 0.2) is 0 Å². The van der Waals surface area contributed by atoms with Crippen LogP contribution in [0.5, 0.6) is 0 Å². The maximum absolute atomic E-state index is 5.42. The molecule has 0 radical (unpaired) electrons. The van der Waals surface area contributed by atoms with Crippen LogP contribution in [0.2, 0.25) is 0 Å². The van der Waals surface area contributed by atoms with Crippen LogP contribution >= 0.6 is 0 Å². The van der Waals surface area contributed by atoms with Gasteiger partial charge >= 0.3 is 0 Å². The second-order valence-electron chi connectivity index (χ2n) is 3.05. The largest absolute Gasteiger partial charge is 0.366 e. The summed E-state index contributed by atoms with van der Waals surface area (Å²) in [5, 5.41) is 7.70. The van der Waals surface area contributed by atoms with Gasteiger partial charge in [0.25, 0.3) is 0 Å². The molecule has 0 aliphatic carbocycles. The topological polar surface area (TPSA) is 67.9 Å². The van der Waals surface area contributed by atoms with Gasteiger partial charge in [-0.3, -0.25) is 0 Å². The zero-order chi connectivity index (χ0) is 8.55. The molecule has 0 unspecified atom stereocenters.